The lowest BCUT2D eigenvalue weighted by atomic mass is 10.1. The highest BCUT2D eigenvalue weighted by molar-refractivity contribution is 9.10. The zero-order chi connectivity index (χ0) is 30.4. The summed E-state index contributed by atoms with van der Waals surface area (Å²) in [7, 11) is -2.73. The zero-order valence-corrected chi connectivity index (χ0v) is 26.9. The van der Waals surface area contributed by atoms with Crippen LogP contribution < -0.4 is 14.4 Å². The van der Waals surface area contributed by atoms with Crippen molar-refractivity contribution in [3.8, 4) is 5.75 Å². The minimum atomic E-state index is -4.19. The summed E-state index contributed by atoms with van der Waals surface area (Å²) in [5.74, 6) is -0.449. The first-order valence-electron chi connectivity index (χ1n) is 14.1. The largest absolute Gasteiger partial charge is 0.495 e. The van der Waals surface area contributed by atoms with Crippen LogP contribution in [0, 0.1) is 13.8 Å². The second kappa shape index (κ2) is 13.7. The van der Waals surface area contributed by atoms with Crippen LogP contribution in [0.5, 0.6) is 5.75 Å². The monoisotopic (exact) mass is 655 g/mol. The predicted octanol–water partition coefficient (Wildman–Crippen LogP) is 5.75. The van der Waals surface area contributed by atoms with E-state index >= 15 is 0 Å². The second-order valence-electron chi connectivity index (χ2n) is 10.8. The Morgan fingerprint density at radius 2 is 1.60 bits per heavy atom. The van der Waals surface area contributed by atoms with E-state index in [0.717, 1.165) is 51.2 Å². The standard InChI is InChI=1S/C32H38BrN3O5S/c1-22-9-16-28(17-10-22)42(39,40)36(29-19-23(2)11-18-30(29)41-4)21-31(37)35(20-25-12-14-26(33)15-13-25)24(3)32(38)34-27-7-5-6-8-27/h9-19,24,27H,5-8,20-21H2,1-4H3,(H,34,38)/t24-/m0/s1. The van der Waals surface area contributed by atoms with Gasteiger partial charge in [0, 0.05) is 17.1 Å². The topological polar surface area (TPSA) is 96.0 Å². The molecule has 0 aliphatic heterocycles. The third kappa shape index (κ3) is 7.52. The Balaban J connectivity index is 1.73. The number of carbonyl (C=O) groups is 2. The zero-order valence-electron chi connectivity index (χ0n) is 24.5. The number of nitrogens with one attached hydrogen (secondary N) is 1. The fraction of sp³-hybridized carbons (Fsp3) is 0.375. The number of amides is 2. The third-order valence-electron chi connectivity index (χ3n) is 7.63. The summed E-state index contributed by atoms with van der Waals surface area (Å²) in [5.41, 5.74) is 2.78. The van der Waals surface area contributed by atoms with Crippen molar-refractivity contribution in [2.75, 3.05) is 18.0 Å². The molecule has 0 saturated heterocycles. The van der Waals surface area contributed by atoms with Crippen LogP contribution in [0.25, 0.3) is 0 Å². The van der Waals surface area contributed by atoms with Gasteiger partial charge in [-0.1, -0.05) is 64.7 Å². The van der Waals surface area contributed by atoms with E-state index in [2.05, 4.69) is 21.2 Å². The lowest BCUT2D eigenvalue weighted by Gasteiger charge is -2.33. The number of benzene rings is 3. The highest BCUT2D eigenvalue weighted by Gasteiger charge is 2.34. The third-order valence-corrected chi connectivity index (χ3v) is 9.93. The van der Waals surface area contributed by atoms with Crippen molar-refractivity contribution in [2.45, 2.75) is 70.0 Å². The first-order chi connectivity index (χ1) is 20.0. The molecule has 0 radical (unpaired) electrons. The van der Waals surface area contributed by atoms with Gasteiger partial charge in [0.2, 0.25) is 11.8 Å². The number of hydrogen-bond acceptors (Lipinski definition) is 5. The van der Waals surface area contributed by atoms with Crippen molar-refractivity contribution < 1.29 is 22.7 Å². The van der Waals surface area contributed by atoms with Gasteiger partial charge in [-0.3, -0.25) is 13.9 Å². The Morgan fingerprint density at radius 1 is 0.976 bits per heavy atom. The number of methoxy groups -OCH3 is 1. The smallest absolute Gasteiger partial charge is 0.264 e. The van der Waals surface area contributed by atoms with Crippen molar-refractivity contribution in [2.24, 2.45) is 0 Å². The first kappa shape index (κ1) is 31.6. The molecule has 1 saturated carbocycles. The highest BCUT2D eigenvalue weighted by atomic mass is 79.9. The lowest BCUT2D eigenvalue weighted by Crippen LogP contribution is -2.52. The molecule has 2 amide bonds. The van der Waals surface area contributed by atoms with E-state index < -0.39 is 28.5 Å². The number of halogens is 1. The first-order valence-corrected chi connectivity index (χ1v) is 16.3. The molecule has 3 aromatic carbocycles. The van der Waals surface area contributed by atoms with Crippen LogP contribution in [0.15, 0.2) is 76.1 Å². The van der Waals surface area contributed by atoms with E-state index in [1.54, 1.807) is 31.2 Å². The molecule has 1 atom stereocenters. The molecular formula is C32H38BrN3O5S. The van der Waals surface area contributed by atoms with Gasteiger partial charge in [0.15, 0.2) is 0 Å². The van der Waals surface area contributed by atoms with Crippen molar-refractivity contribution >= 4 is 43.5 Å². The minimum Gasteiger partial charge on any atom is -0.495 e. The summed E-state index contributed by atoms with van der Waals surface area (Å²) in [6.45, 7) is 5.02. The average Bonchev–Trinajstić information content (AvgIpc) is 3.48. The molecular weight excluding hydrogens is 618 g/mol. The molecule has 0 aromatic heterocycles. The number of sulfonamides is 1. The van der Waals surface area contributed by atoms with Gasteiger partial charge >= 0.3 is 0 Å². The van der Waals surface area contributed by atoms with E-state index in [0.29, 0.717) is 5.75 Å². The predicted molar refractivity (Wildman–Crippen MR) is 168 cm³/mol. The van der Waals surface area contributed by atoms with Gasteiger partial charge in [0.1, 0.15) is 18.3 Å². The van der Waals surface area contributed by atoms with Gasteiger partial charge in [-0.15, -0.1) is 0 Å². The van der Waals surface area contributed by atoms with Crippen molar-refractivity contribution in [3.63, 3.8) is 0 Å². The van der Waals surface area contributed by atoms with Crippen LogP contribution >= 0.6 is 15.9 Å². The summed E-state index contributed by atoms with van der Waals surface area (Å²) in [6, 6.07) is 18.4. The molecule has 42 heavy (non-hydrogen) atoms. The molecule has 0 unspecified atom stereocenters. The number of rotatable bonds is 11. The van der Waals surface area contributed by atoms with E-state index in [4.69, 9.17) is 4.74 Å². The fourth-order valence-corrected chi connectivity index (χ4v) is 6.79. The maximum Gasteiger partial charge on any atom is 0.264 e. The molecule has 224 valence electrons. The molecule has 3 aromatic rings. The Bertz CT molecular complexity index is 1500. The van der Waals surface area contributed by atoms with Gasteiger partial charge in [0.05, 0.1) is 17.7 Å². The van der Waals surface area contributed by atoms with Crippen molar-refractivity contribution in [1.82, 2.24) is 10.2 Å². The molecule has 4 rings (SSSR count). The average molecular weight is 657 g/mol. The minimum absolute atomic E-state index is 0.0518. The number of ether oxygens (including phenoxy) is 1. The molecule has 0 bridgehead atoms. The molecule has 8 nitrogen and oxygen atoms in total. The number of aryl methyl sites for hydroxylation is 2. The van der Waals surface area contributed by atoms with Crippen LogP contribution in [-0.2, 0) is 26.2 Å². The van der Waals surface area contributed by atoms with E-state index in [1.807, 2.05) is 44.2 Å². The van der Waals surface area contributed by atoms with Crippen LogP contribution in [0.4, 0.5) is 5.69 Å². The molecule has 10 heteroatoms. The number of hydrogen-bond donors (Lipinski definition) is 1. The van der Waals surface area contributed by atoms with Crippen LogP contribution in [0.1, 0.15) is 49.3 Å². The molecule has 1 fully saturated rings. The van der Waals surface area contributed by atoms with Gasteiger partial charge in [-0.05, 0) is 81.1 Å². The Hall–Kier alpha value is -3.37. The van der Waals surface area contributed by atoms with E-state index in [-0.39, 0.29) is 29.1 Å². The summed E-state index contributed by atoms with van der Waals surface area (Å²) < 4.78 is 35.8. The number of anilines is 1. The summed E-state index contributed by atoms with van der Waals surface area (Å²) in [4.78, 5) is 29.1. The van der Waals surface area contributed by atoms with Crippen LogP contribution in [-0.4, -0.2) is 50.9 Å². The molecule has 1 aliphatic carbocycles. The van der Waals surface area contributed by atoms with Crippen LogP contribution in [0.3, 0.4) is 0 Å². The fourth-order valence-electron chi connectivity index (χ4n) is 5.11. The number of carbonyl (C=O) groups excluding carboxylic acids is 2. The highest BCUT2D eigenvalue weighted by Crippen LogP contribution is 2.34. The maximum absolute atomic E-state index is 14.2. The van der Waals surface area contributed by atoms with E-state index in [1.165, 1.54) is 24.1 Å². The quantitative estimate of drug-likeness (QED) is 0.284. The van der Waals surface area contributed by atoms with E-state index in [9.17, 15) is 18.0 Å². The summed E-state index contributed by atoms with van der Waals surface area (Å²) >= 11 is 3.44. The SMILES string of the molecule is COc1ccc(C)cc1N(CC(=O)N(Cc1ccc(Br)cc1)[C@@H](C)C(=O)NC1CCCC1)S(=O)(=O)c1ccc(C)cc1. The second-order valence-corrected chi connectivity index (χ2v) is 13.6. The maximum atomic E-state index is 14.2. The Kier molecular flexibility index (Phi) is 10.3. The number of nitrogens with zero attached hydrogens (tertiary/aromatic N) is 2. The van der Waals surface area contributed by atoms with Gasteiger partial charge in [-0.25, -0.2) is 8.42 Å². The molecule has 1 aliphatic rings. The van der Waals surface area contributed by atoms with Crippen LogP contribution in [0.2, 0.25) is 0 Å². The lowest BCUT2D eigenvalue weighted by molar-refractivity contribution is -0.139. The molecule has 0 heterocycles. The molecule has 1 N–H and O–H groups in total. The van der Waals surface area contributed by atoms with Gasteiger partial charge < -0.3 is 15.0 Å². The summed E-state index contributed by atoms with van der Waals surface area (Å²) in [6.07, 6.45) is 3.94. The van der Waals surface area contributed by atoms with Gasteiger partial charge in [0.25, 0.3) is 10.0 Å². The Labute approximate surface area is 257 Å². The summed E-state index contributed by atoms with van der Waals surface area (Å²) in [5, 5.41) is 3.09. The Morgan fingerprint density at radius 3 is 2.21 bits per heavy atom. The molecule has 0 spiro atoms. The van der Waals surface area contributed by atoms with Gasteiger partial charge in [-0.2, -0.15) is 0 Å². The van der Waals surface area contributed by atoms with Crippen molar-refractivity contribution in [1.29, 1.82) is 0 Å². The van der Waals surface area contributed by atoms with Crippen molar-refractivity contribution in [3.05, 3.63) is 87.9 Å². The normalized spacial score (nSPS) is 14.3.